The maximum absolute atomic E-state index is 12.7. The molecule has 0 fully saturated rings. The zero-order chi connectivity index (χ0) is 14.0. The molecule has 0 amide bonds. The summed E-state index contributed by atoms with van der Waals surface area (Å²) in [6, 6.07) is 5.50. The lowest BCUT2D eigenvalue weighted by Crippen LogP contribution is -2.06. The molecule has 0 atom stereocenters. The number of rotatable bonds is 3. The molecule has 2 N–H and O–H groups in total. The summed E-state index contributed by atoms with van der Waals surface area (Å²) in [7, 11) is 0. The quantitative estimate of drug-likeness (QED) is 0.926. The van der Waals surface area contributed by atoms with Gasteiger partial charge in [-0.15, -0.1) is 0 Å². The van der Waals surface area contributed by atoms with Gasteiger partial charge in [0.05, 0.1) is 11.1 Å². The summed E-state index contributed by atoms with van der Waals surface area (Å²) < 4.78 is 38.2. The molecule has 1 aromatic carbocycles. The van der Waals surface area contributed by atoms with Crippen molar-refractivity contribution < 1.29 is 13.2 Å². The molecule has 0 unspecified atom stereocenters. The van der Waals surface area contributed by atoms with Crippen molar-refractivity contribution in [1.82, 2.24) is 4.98 Å². The number of fused-ring (bicyclic) bond motifs is 1. The molecular weight excluding hydrogens is 253 g/mol. The summed E-state index contributed by atoms with van der Waals surface area (Å²) in [4.78, 5) is 4.27. The van der Waals surface area contributed by atoms with Crippen molar-refractivity contribution in [3.05, 3.63) is 41.1 Å². The van der Waals surface area contributed by atoms with Gasteiger partial charge >= 0.3 is 6.18 Å². The van der Waals surface area contributed by atoms with Crippen LogP contribution in [-0.4, -0.2) is 11.5 Å². The SMILES string of the molecule is Cc1cc(CCCN)c2cc(C(F)(F)F)ccc2n1. The minimum Gasteiger partial charge on any atom is -0.330 e. The van der Waals surface area contributed by atoms with E-state index in [-0.39, 0.29) is 0 Å². The van der Waals surface area contributed by atoms with Crippen LogP contribution in [0.25, 0.3) is 10.9 Å². The standard InChI is InChI=1S/C14H15F3N2/c1-9-7-10(3-2-6-18)12-8-11(14(15,16)17)4-5-13(12)19-9/h4-5,7-8H,2-3,6,18H2,1H3. The smallest absolute Gasteiger partial charge is 0.330 e. The predicted octanol–water partition coefficient (Wildman–Crippen LogP) is 3.45. The van der Waals surface area contributed by atoms with Crippen LogP contribution in [0.3, 0.4) is 0 Å². The second-order valence-electron chi connectivity index (χ2n) is 4.54. The monoisotopic (exact) mass is 268 g/mol. The van der Waals surface area contributed by atoms with Gasteiger partial charge in [0.25, 0.3) is 0 Å². The molecule has 2 aromatic rings. The van der Waals surface area contributed by atoms with Crippen LogP contribution in [0.15, 0.2) is 24.3 Å². The van der Waals surface area contributed by atoms with Gasteiger partial charge in [-0.05, 0) is 56.1 Å². The molecule has 0 saturated carbocycles. The van der Waals surface area contributed by atoms with Crippen LogP contribution in [0.4, 0.5) is 13.2 Å². The van der Waals surface area contributed by atoms with E-state index in [0.717, 1.165) is 23.7 Å². The van der Waals surface area contributed by atoms with Crippen molar-refractivity contribution in [3.63, 3.8) is 0 Å². The highest BCUT2D eigenvalue weighted by atomic mass is 19.4. The van der Waals surface area contributed by atoms with Crippen LogP contribution in [0, 0.1) is 6.92 Å². The molecule has 5 heteroatoms. The predicted molar refractivity (Wildman–Crippen MR) is 68.9 cm³/mol. The van der Waals surface area contributed by atoms with Gasteiger partial charge in [-0.25, -0.2) is 0 Å². The summed E-state index contributed by atoms with van der Waals surface area (Å²) in [5, 5.41) is 0.564. The summed E-state index contributed by atoms with van der Waals surface area (Å²) in [6.07, 6.45) is -2.92. The Morgan fingerprint density at radius 1 is 1.21 bits per heavy atom. The van der Waals surface area contributed by atoms with Crippen molar-refractivity contribution in [2.75, 3.05) is 6.54 Å². The third-order valence-corrected chi connectivity index (χ3v) is 3.00. The molecule has 0 aliphatic rings. The lowest BCUT2D eigenvalue weighted by Gasteiger charge is -2.11. The van der Waals surface area contributed by atoms with Gasteiger partial charge < -0.3 is 5.73 Å². The van der Waals surface area contributed by atoms with Crippen LogP contribution in [0.5, 0.6) is 0 Å². The van der Waals surface area contributed by atoms with Crippen molar-refractivity contribution in [2.45, 2.75) is 25.9 Å². The summed E-state index contributed by atoms with van der Waals surface area (Å²) >= 11 is 0. The van der Waals surface area contributed by atoms with Crippen molar-refractivity contribution in [2.24, 2.45) is 5.73 Å². The van der Waals surface area contributed by atoms with E-state index in [0.29, 0.717) is 23.9 Å². The Hall–Kier alpha value is -1.62. The number of nitrogens with zero attached hydrogens (tertiary/aromatic N) is 1. The molecule has 2 rings (SSSR count). The number of alkyl halides is 3. The molecule has 2 nitrogen and oxygen atoms in total. The largest absolute Gasteiger partial charge is 0.416 e. The fraction of sp³-hybridized carbons (Fsp3) is 0.357. The van der Waals surface area contributed by atoms with E-state index in [1.54, 1.807) is 0 Å². The Kier molecular flexibility index (Phi) is 3.75. The van der Waals surface area contributed by atoms with Gasteiger partial charge in [-0.1, -0.05) is 0 Å². The first-order valence-corrected chi connectivity index (χ1v) is 6.09. The second-order valence-corrected chi connectivity index (χ2v) is 4.54. The van der Waals surface area contributed by atoms with E-state index in [9.17, 15) is 13.2 Å². The van der Waals surface area contributed by atoms with Crippen LogP contribution in [0.1, 0.15) is 23.2 Å². The number of nitrogens with two attached hydrogens (primary N) is 1. The minimum absolute atomic E-state index is 0.516. The first-order valence-electron chi connectivity index (χ1n) is 6.09. The van der Waals surface area contributed by atoms with E-state index < -0.39 is 11.7 Å². The summed E-state index contributed by atoms with van der Waals surface area (Å²) in [5.74, 6) is 0. The normalized spacial score (nSPS) is 12.1. The van der Waals surface area contributed by atoms with E-state index in [4.69, 9.17) is 5.73 Å². The Balaban J connectivity index is 2.58. The molecule has 1 heterocycles. The van der Waals surface area contributed by atoms with Crippen LogP contribution in [-0.2, 0) is 12.6 Å². The van der Waals surface area contributed by atoms with Crippen molar-refractivity contribution >= 4 is 10.9 Å². The van der Waals surface area contributed by atoms with Crippen LogP contribution >= 0.6 is 0 Å². The summed E-state index contributed by atoms with van der Waals surface area (Å²) in [6.45, 7) is 2.35. The molecular formula is C14H15F3N2. The first-order chi connectivity index (χ1) is 8.91. The summed E-state index contributed by atoms with van der Waals surface area (Å²) in [5.41, 5.74) is 7.10. The molecule has 0 aliphatic carbocycles. The molecule has 102 valence electrons. The topological polar surface area (TPSA) is 38.9 Å². The fourth-order valence-electron chi connectivity index (χ4n) is 2.12. The van der Waals surface area contributed by atoms with Gasteiger partial charge in [0.2, 0.25) is 0 Å². The zero-order valence-corrected chi connectivity index (χ0v) is 10.6. The van der Waals surface area contributed by atoms with E-state index in [1.165, 1.54) is 12.1 Å². The number of halogens is 3. The highest BCUT2D eigenvalue weighted by Gasteiger charge is 2.30. The van der Waals surface area contributed by atoms with Gasteiger partial charge in [0, 0.05) is 11.1 Å². The van der Waals surface area contributed by atoms with Gasteiger partial charge in [0.1, 0.15) is 0 Å². The average molecular weight is 268 g/mol. The lowest BCUT2D eigenvalue weighted by molar-refractivity contribution is -0.137. The number of aromatic nitrogens is 1. The molecule has 0 spiro atoms. The Bertz CT molecular complexity index is 591. The lowest BCUT2D eigenvalue weighted by atomic mass is 10.0. The molecule has 0 bridgehead atoms. The van der Waals surface area contributed by atoms with Gasteiger partial charge in [-0.2, -0.15) is 13.2 Å². The molecule has 0 radical (unpaired) electrons. The third kappa shape index (κ3) is 3.04. The van der Waals surface area contributed by atoms with E-state index in [1.807, 2.05) is 13.0 Å². The van der Waals surface area contributed by atoms with Gasteiger partial charge in [-0.3, -0.25) is 4.98 Å². The van der Waals surface area contributed by atoms with Crippen LogP contribution in [0.2, 0.25) is 0 Å². The van der Waals surface area contributed by atoms with Crippen molar-refractivity contribution in [3.8, 4) is 0 Å². The molecule has 0 aliphatic heterocycles. The average Bonchev–Trinajstić information content (AvgIpc) is 2.34. The number of hydrogen-bond acceptors (Lipinski definition) is 2. The Morgan fingerprint density at radius 2 is 1.95 bits per heavy atom. The van der Waals surface area contributed by atoms with Gasteiger partial charge in [0.15, 0.2) is 0 Å². The number of pyridine rings is 1. The first kappa shape index (κ1) is 13.8. The molecule has 0 saturated heterocycles. The Labute approximate surface area is 109 Å². The van der Waals surface area contributed by atoms with Crippen molar-refractivity contribution in [1.29, 1.82) is 0 Å². The highest BCUT2D eigenvalue weighted by molar-refractivity contribution is 5.83. The number of hydrogen-bond donors (Lipinski definition) is 1. The Morgan fingerprint density at radius 3 is 2.58 bits per heavy atom. The van der Waals surface area contributed by atoms with E-state index >= 15 is 0 Å². The van der Waals surface area contributed by atoms with Crippen LogP contribution < -0.4 is 5.73 Å². The number of aryl methyl sites for hydroxylation is 2. The second kappa shape index (κ2) is 5.17. The maximum Gasteiger partial charge on any atom is 0.416 e. The highest BCUT2D eigenvalue weighted by Crippen LogP contribution is 2.32. The molecule has 1 aromatic heterocycles. The van der Waals surface area contributed by atoms with E-state index in [2.05, 4.69) is 4.98 Å². The minimum atomic E-state index is -4.33. The number of benzene rings is 1. The zero-order valence-electron chi connectivity index (χ0n) is 10.6. The maximum atomic E-state index is 12.7. The molecule has 19 heavy (non-hydrogen) atoms. The fourth-order valence-corrected chi connectivity index (χ4v) is 2.12. The third-order valence-electron chi connectivity index (χ3n) is 3.00.